The molecule has 1 aromatic heterocycles. The van der Waals surface area contributed by atoms with Gasteiger partial charge in [0.1, 0.15) is 0 Å². The third kappa shape index (κ3) is 2.69. The Kier molecular flexibility index (Phi) is 3.60. The Morgan fingerprint density at radius 3 is 2.84 bits per heavy atom. The van der Waals surface area contributed by atoms with E-state index in [0.29, 0.717) is 6.42 Å². The lowest BCUT2D eigenvalue weighted by molar-refractivity contribution is 0.133. The van der Waals surface area contributed by atoms with Gasteiger partial charge in [-0.1, -0.05) is 30.3 Å². The molecule has 0 spiro atoms. The molecule has 98 valence electrons. The molecule has 1 aromatic carbocycles. The van der Waals surface area contributed by atoms with Crippen molar-refractivity contribution in [2.24, 2.45) is 0 Å². The van der Waals surface area contributed by atoms with Crippen molar-refractivity contribution in [2.75, 3.05) is 0 Å². The van der Waals surface area contributed by atoms with Gasteiger partial charge in [-0.3, -0.25) is 4.98 Å². The van der Waals surface area contributed by atoms with Crippen molar-refractivity contribution >= 4 is 0 Å². The molecular weight excluding hydrogens is 234 g/mol. The summed E-state index contributed by atoms with van der Waals surface area (Å²) in [4.78, 5) is 4.31. The molecule has 1 N–H and O–H groups in total. The smallest absolute Gasteiger partial charge is 0.0664 e. The molecule has 0 fully saturated rings. The Morgan fingerprint density at radius 2 is 2.00 bits per heavy atom. The van der Waals surface area contributed by atoms with Crippen molar-refractivity contribution in [1.82, 2.24) is 4.98 Å². The number of aliphatic hydroxyl groups excluding tert-OH is 1. The van der Waals surface area contributed by atoms with Gasteiger partial charge in [-0.15, -0.1) is 0 Å². The predicted octanol–water partition coefficient (Wildman–Crippen LogP) is 3.11. The lowest BCUT2D eigenvalue weighted by atomic mass is 9.79. The molecule has 2 unspecified atom stereocenters. The highest BCUT2D eigenvalue weighted by Gasteiger charge is 2.26. The summed E-state index contributed by atoms with van der Waals surface area (Å²) in [6, 6.07) is 14.4. The van der Waals surface area contributed by atoms with Crippen LogP contribution in [0.3, 0.4) is 0 Å². The first-order chi connectivity index (χ1) is 9.34. The minimum Gasteiger partial charge on any atom is -0.392 e. The van der Waals surface area contributed by atoms with E-state index in [-0.39, 0.29) is 12.0 Å². The fourth-order valence-electron chi connectivity index (χ4n) is 3.07. The molecular formula is C17H19NO. The summed E-state index contributed by atoms with van der Waals surface area (Å²) in [6.45, 7) is 0. The molecule has 1 aliphatic rings. The number of hydrogen-bond acceptors (Lipinski definition) is 2. The summed E-state index contributed by atoms with van der Waals surface area (Å²) in [7, 11) is 0. The molecule has 2 atom stereocenters. The van der Waals surface area contributed by atoms with Gasteiger partial charge in [-0.2, -0.15) is 0 Å². The van der Waals surface area contributed by atoms with Crippen LogP contribution in [0.1, 0.15) is 35.6 Å². The average molecular weight is 253 g/mol. The summed E-state index contributed by atoms with van der Waals surface area (Å²) in [5.74, 6) is 0.256. The highest BCUT2D eigenvalue weighted by molar-refractivity contribution is 5.33. The fraction of sp³-hybridized carbons (Fsp3) is 0.353. The molecule has 0 saturated carbocycles. The van der Waals surface area contributed by atoms with Crippen LogP contribution in [0.2, 0.25) is 0 Å². The van der Waals surface area contributed by atoms with E-state index < -0.39 is 0 Å². The average Bonchev–Trinajstić information content (AvgIpc) is 2.47. The van der Waals surface area contributed by atoms with Gasteiger partial charge in [0.2, 0.25) is 0 Å². The number of aliphatic hydroxyl groups is 1. The van der Waals surface area contributed by atoms with Crippen molar-refractivity contribution < 1.29 is 5.11 Å². The van der Waals surface area contributed by atoms with Gasteiger partial charge in [0.05, 0.1) is 6.10 Å². The minimum absolute atomic E-state index is 0.256. The van der Waals surface area contributed by atoms with Gasteiger partial charge in [0, 0.05) is 24.2 Å². The first-order valence-electron chi connectivity index (χ1n) is 7.00. The second kappa shape index (κ2) is 5.54. The van der Waals surface area contributed by atoms with Gasteiger partial charge >= 0.3 is 0 Å². The number of fused-ring (bicyclic) bond motifs is 1. The number of pyridine rings is 1. The maximum absolute atomic E-state index is 10.5. The summed E-state index contributed by atoms with van der Waals surface area (Å²) >= 11 is 0. The summed E-state index contributed by atoms with van der Waals surface area (Å²) in [6.07, 6.45) is 5.47. The maximum atomic E-state index is 10.5. The Balaban J connectivity index is 1.80. The second-order valence-electron chi connectivity index (χ2n) is 5.29. The summed E-state index contributed by atoms with van der Waals surface area (Å²) in [5.41, 5.74) is 3.70. The van der Waals surface area contributed by atoms with E-state index in [1.54, 1.807) is 6.20 Å². The molecule has 1 heterocycles. The topological polar surface area (TPSA) is 33.1 Å². The first-order valence-corrected chi connectivity index (χ1v) is 7.00. The Morgan fingerprint density at radius 1 is 1.16 bits per heavy atom. The molecule has 1 aliphatic carbocycles. The summed E-state index contributed by atoms with van der Waals surface area (Å²) < 4.78 is 0. The predicted molar refractivity (Wildman–Crippen MR) is 76.1 cm³/mol. The maximum Gasteiger partial charge on any atom is 0.0664 e. The zero-order chi connectivity index (χ0) is 13.1. The molecule has 2 heteroatoms. The molecule has 3 rings (SSSR count). The molecule has 2 nitrogen and oxygen atoms in total. The van der Waals surface area contributed by atoms with Crippen LogP contribution in [0.4, 0.5) is 0 Å². The molecule has 2 aromatic rings. The Labute approximate surface area is 114 Å². The van der Waals surface area contributed by atoms with Gasteiger partial charge in [-0.05, 0) is 42.5 Å². The van der Waals surface area contributed by atoms with Crippen molar-refractivity contribution in [2.45, 2.75) is 37.7 Å². The van der Waals surface area contributed by atoms with Crippen LogP contribution in [0.15, 0.2) is 48.7 Å². The zero-order valence-electron chi connectivity index (χ0n) is 11.0. The SMILES string of the molecule is OC(Cc1ccccn1)C1CCCc2ccccc21. The van der Waals surface area contributed by atoms with E-state index in [1.165, 1.54) is 17.5 Å². The number of nitrogens with zero attached hydrogens (tertiary/aromatic N) is 1. The molecule has 19 heavy (non-hydrogen) atoms. The molecule has 0 saturated heterocycles. The third-order valence-corrected chi connectivity index (χ3v) is 4.02. The minimum atomic E-state index is -0.337. The quantitative estimate of drug-likeness (QED) is 0.911. The van der Waals surface area contributed by atoms with Crippen molar-refractivity contribution in [1.29, 1.82) is 0 Å². The van der Waals surface area contributed by atoms with Crippen molar-refractivity contribution in [3.05, 3.63) is 65.5 Å². The molecule has 0 bridgehead atoms. The second-order valence-corrected chi connectivity index (χ2v) is 5.29. The van der Waals surface area contributed by atoms with Crippen LogP contribution in [0, 0.1) is 0 Å². The molecule has 0 amide bonds. The van der Waals surface area contributed by atoms with E-state index in [0.717, 1.165) is 18.5 Å². The van der Waals surface area contributed by atoms with Crippen LogP contribution in [-0.2, 0) is 12.8 Å². The van der Waals surface area contributed by atoms with E-state index in [2.05, 4.69) is 29.2 Å². The lowest BCUT2D eigenvalue weighted by Gasteiger charge is -2.29. The summed E-state index contributed by atoms with van der Waals surface area (Å²) in [5, 5.41) is 10.5. The number of rotatable bonds is 3. The van der Waals surface area contributed by atoms with Crippen LogP contribution in [0.25, 0.3) is 0 Å². The van der Waals surface area contributed by atoms with E-state index in [1.807, 2.05) is 18.2 Å². The lowest BCUT2D eigenvalue weighted by Crippen LogP contribution is -2.25. The highest BCUT2D eigenvalue weighted by Crippen LogP contribution is 2.34. The standard InChI is InChI=1S/C17H19NO/c19-17(12-14-8-3-4-11-18-14)16-10-5-7-13-6-1-2-9-15(13)16/h1-4,6,8-9,11,16-17,19H,5,7,10,12H2. The first kappa shape index (κ1) is 12.4. The van der Waals surface area contributed by atoms with Gasteiger partial charge in [-0.25, -0.2) is 0 Å². The molecule has 0 aliphatic heterocycles. The largest absolute Gasteiger partial charge is 0.392 e. The zero-order valence-corrected chi connectivity index (χ0v) is 11.0. The number of hydrogen-bond donors (Lipinski definition) is 1. The van der Waals surface area contributed by atoms with Gasteiger partial charge < -0.3 is 5.11 Å². The van der Waals surface area contributed by atoms with Crippen molar-refractivity contribution in [3.8, 4) is 0 Å². The molecule has 0 radical (unpaired) electrons. The Bertz CT molecular complexity index is 538. The van der Waals surface area contributed by atoms with E-state index >= 15 is 0 Å². The van der Waals surface area contributed by atoms with Crippen LogP contribution >= 0.6 is 0 Å². The van der Waals surface area contributed by atoms with Crippen LogP contribution < -0.4 is 0 Å². The van der Waals surface area contributed by atoms with Gasteiger partial charge in [0.15, 0.2) is 0 Å². The third-order valence-electron chi connectivity index (χ3n) is 4.02. The highest BCUT2D eigenvalue weighted by atomic mass is 16.3. The normalized spacial score (nSPS) is 19.7. The monoisotopic (exact) mass is 253 g/mol. The number of benzene rings is 1. The van der Waals surface area contributed by atoms with Gasteiger partial charge in [0.25, 0.3) is 0 Å². The number of aromatic nitrogens is 1. The van der Waals surface area contributed by atoms with Crippen LogP contribution in [-0.4, -0.2) is 16.2 Å². The Hall–Kier alpha value is -1.67. The van der Waals surface area contributed by atoms with E-state index in [9.17, 15) is 5.11 Å². The van der Waals surface area contributed by atoms with E-state index in [4.69, 9.17) is 0 Å². The number of aryl methyl sites for hydroxylation is 1. The fourth-order valence-corrected chi connectivity index (χ4v) is 3.07. The van der Waals surface area contributed by atoms with Crippen molar-refractivity contribution in [3.63, 3.8) is 0 Å². The van der Waals surface area contributed by atoms with Crippen LogP contribution in [0.5, 0.6) is 0 Å².